The molecule has 0 aliphatic carbocycles. The van der Waals surface area contributed by atoms with E-state index in [2.05, 4.69) is 15.2 Å². The number of likely N-dealkylation sites (tertiary alicyclic amines) is 1. The lowest BCUT2D eigenvalue weighted by Gasteiger charge is -2.32. The summed E-state index contributed by atoms with van der Waals surface area (Å²) in [5.74, 6) is 1.25. The third kappa shape index (κ3) is 3.77. The number of nitrogens with one attached hydrogen (secondary N) is 1. The summed E-state index contributed by atoms with van der Waals surface area (Å²) in [6, 6.07) is 0. The number of rotatable bonds is 2. The molecule has 0 spiro atoms. The third-order valence-electron chi connectivity index (χ3n) is 2.81. The predicted molar refractivity (Wildman–Crippen MR) is 60.5 cm³/mol. The van der Waals surface area contributed by atoms with Gasteiger partial charge in [-0.2, -0.15) is 0 Å². The van der Waals surface area contributed by atoms with Gasteiger partial charge >= 0.3 is 0 Å². The van der Waals surface area contributed by atoms with Crippen LogP contribution in [0, 0.1) is 5.92 Å². The normalized spacial score (nSPS) is 19.1. The number of nitrogens with two attached hydrogens (primary N) is 1. The molecule has 86 valence electrons. The Morgan fingerprint density at radius 2 is 2.13 bits per heavy atom. The van der Waals surface area contributed by atoms with Crippen molar-refractivity contribution < 1.29 is 4.79 Å². The average Bonchev–Trinajstić information content (AvgIpc) is 2.26. The van der Waals surface area contributed by atoms with Crippen LogP contribution in [0.15, 0.2) is 4.99 Å². The van der Waals surface area contributed by atoms with Crippen molar-refractivity contribution in [1.82, 2.24) is 10.2 Å². The molecule has 5 nitrogen and oxygen atoms in total. The first-order valence-electron chi connectivity index (χ1n) is 5.35. The zero-order chi connectivity index (χ0) is 11.3. The van der Waals surface area contributed by atoms with Crippen molar-refractivity contribution in [3.05, 3.63) is 0 Å². The van der Waals surface area contributed by atoms with Crippen LogP contribution in [0.3, 0.4) is 0 Å². The van der Waals surface area contributed by atoms with Crippen LogP contribution in [0.25, 0.3) is 0 Å². The Labute approximate surface area is 90.7 Å². The zero-order valence-corrected chi connectivity index (χ0v) is 9.49. The minimum absolute atomic E-state index is 0.0482. The minimum atomic E-state index is 0.0482. The Hall–Kier alpha value is -1.26. The van der Waals surface area contributed by atoms with Crippen molar-refractivity contribution in [3.63, 3.8) is 0 Å². The van der Waals surface area contributed by atoms with E-state index in [9.17, 15) is 4.79 Å². The Kier molecular flexibility index (Phi) is 4.39. The number of aliphatic imine (C=N–C) groups is 1. The van der Waals surface area contributed by atoms with Gasteiger partial charge in [-0.3, -0.25) is 9.79 Å². The van der Waals surface area contributed by atoms with Gasteiger partial charge in [-0.15, -0.1) is 0 Å². The summed E-state index contributed by atoms with van der Waals surface area (Å²) in [7, 11) is 1.71. The van der Waals surface area contributed by atoms with Gasteiger partial charge in [0, 0.05) is 33.6 Å². The van der Waals surface area contributed by atoms with E-state index in [1.54, 1.807) is 14.0 Å². The molecule has 1 fully saturated rings. The molecule has 5 heteroatoms. The Bertz CT molecular complexity index is 244. The summed E-state index contributed by atoms with van der Waals surface area (Å²) in [6.07, 6.45) is 2.13. The molecule has 0 aromatic carbocycles. The Morgan fingerprint density at radius 1 is 1.53 bits per heavy atom. The van der Waals surface area contributed by atoms with Gasteiger partial charge in [-0.1, -0.05) is 0 Å². The molecule has 1 saturated heterocycles. The molecule has 0 bridgehead atoms. The van der Waals surface area contributed by atoms with Crippen LogP contribution < -0.4 is 11.1 Å². The van der Waals surface area contributed by atoms with Crippen LogP contribution in [0.5, 0.6) is 0 Å². The maximum atomic E-state index is 10.7. The lowest BCUT2D eigenvalue weighted by atomic mass is 9.97. The lowest BCUT2D eigenvalue weighted by molar-refractivity contribution is -0.119. The molecule has 1 aliphatic heterocycles. The first-order chi connectivity index (χ1) is 7.13. The molecule has 0 atom stereocenters. The maximum absolute atomic E-state index is 10.7. The molecule has 1 heterocycles. The summed E-state index contributed by atoms with van der Waals surface area (Å²) >= 11 is 0. The highest BCUT2D eigenvalue weighted by Crippen LogP contribution is 2.15. The van der Waals surface area contributed by atoms with Crippen LogP contribution in [-0.4, -0.2) is 43.4 Å². The van der Waals surface area contributed by atoms with E-state index in [0.29, 0.717) is 11.9 Å². The highest BCUT2D eigenvalue weighted by molar-refractivity contribution is 5.78. The monoisotopic (exact) mass is 212 g/mol. The average molecular weight is 212 g/mol. The molecule has 1 aliphatic rings. The summed E-state index contributed by atoms with van der Waals surface area (Å²) in [5, 5.41) is 2.85. The van der Waals surface area contributed by atoms with Gasteiger partial charge < -0.3 is 16.0 Å². The first kappa shape index (κ1) is 11.8. The molecule has 15 heavy (non-hydrogen) atoms. The van der Waals surface area contributed by atoms with E-state index in [1.807, 2.05) is 0 Å². The van der Waals surface area contributed by atoms with Gasteiger partial charge in [0.15, 0.2) is 5.96 Å². The van der Waals surface area contributed by atoms with Gasteiger partial charge in [0.05, 0.1) is 0 Å². The second kappa shape index (κ2) is 5.58. The summed E-state index contributed by atoms with van der Waals surface area (Å²) < 4.78 is 0. The van der Waals surface area contributed by atoms with Gasteiger partial charge in [-0.25, -0.2) is 0 Å². The second-order valence-electron chi connectivity index (χ2n) is 3.95. The number of hydrogen-bond acceptors (Lipinski definition) is 2. The first-order valence-corrected chi connectivity index (χ1v) is 5.35. The summed E-state index contributed by atoms with van der Waals surface area (Å²) in [4.78, 5) is 16.8. The number of hydrogen-bond donors (Lipinski definition) is 2. The molecule has 1 amide bonds. The lowest BCUT2D eigenvalue weighted by Crippen LogP contribution is -2.44. The second-order valence-corrected chi connectivity index (χ2v) is 3.95. The maximum Gasteiger partial charge on any atom is 0.216 e. The molecule has 3 N–H and O–H groups in total. The fraction of sp³-hybridized carbons (Fsp3) is 0.800. The van der Waals surface area contributed by atoms with Crippen LogP contribution in [-0.2, 0) is 4.79 Å². The van der Waals surface area contributed by atoms with Gasteiger partial charge in [0.2, 0.25) is 5.91 Å². The molecule has 1 rings (SSSR count). The van der Waals surface area contributed by atoms with E-state index in [-0.39, 0.29) is 5.91 Å². The molecule has 0 aromatic rings. The van der Waals surface area contributed by atoms with Crippen LogP contribution in [0.4, 0.5) is 0 Å². The molecule has 0 aromatic heterocycles. The smallest absolute Gasteiger partial charge is 0.216 e. The molecule has 0 saturated carbocycles. The minimum Gasteiger partial charge on any atom is -0.370 e. The van der Waals surface area contributed by atoms with Crippen LogP contribution in [0.2, 0.25) is 0 Å². The van der Waals surface area contributed by atoms with E-state index < -0.39 is 0 Å². The van der Waals surface area contributed by atoms with E-state index in [1.165, 1.54) is 0 Å². The largest absolute Gasteiger partial charge is 0.370 e. The Morgan fingerprint density at radius 3 is 2.60 bits per heavy atom. The summed E-state index contributed by atoms with van der Waals surface area (Å²) in [5.41, 5.74) is 5.72. The van der Waals surface area contributed by atoms with Crippen LogP contribution in [0.1, 0.15) is 19.8 Å². The topological polar surface area (TPSA) is 70.7 Å². The number of piperidine rings is 1. The van der Waals surface area contributed by atoms with Crippen LogP contribution >= 0.6 is 0 Å². The molecule has 0 radical (unpaired) electrons. The zero-order valence-electron chi connectivity index (χ0n) is 9.49. The van der Waals surface area contributed by atoms with Gasteiger partial charge in [0.1, 0.15) is 0 Å². The van der Waals surface area contributed by atoms with Crippen molar-refractivity contribution in [2.75, 3.05) is 26.7 Å². The third-order valence-corrected chi connectivity index (χ3v) is 2.81. The number of carbonyl (C=O) groups excluding carboxylic acids is 1. The summed E-state index contributed by atoms with van der Waals surface area (Å²) in [6.45, 7) is 4.21. The number of amides is 1. The molecule has 0 unspecified atom stereocenters. The van der Waals surface area contributed by atoms with Crippen molar-refractivity contribution in [2.24, 2.45) is 16.6 Å². The Balaban J connectivity index is 2.27. The van der Waals surface area contributed by atoms with E-state index in [4.69, 9.17) is 5.73 Å². The predicted octanol–water partition coefficient (Wildman–Crippen LogP) is -0.221. The highest BCUT2D eigenvalue weighted by Gasteiger charge is 2.19. The van der Waals surface area contributed by atoms with Gasteiger partial charge in [0.25, 0.3) is 0 Å². The number of carbonyl (C=O) groups is 1. The van der Waals surface area contributed by atoms with Crippen molar-refractivity contribution in [3.8, 4) is 0 Å². The van der Waals surface area contributed by atoms with Crippen molar-refractivity contribution in [1.29, 1.82) is 0 Å². The quantitative estimate of drug-likeness (QED) is 0.491. The van der Waals surface area contributed by atoms with E-state index in [0.717, 1.165) is 32.5 Å². The molecular formula is C10H20N4O. The fourth-order valence-corrected chi connectivity index (χ4v) is 1.80. The standard InChI is InChI=1S/C10H20N4O/c1-8(15)13-7-9-3-5-14(6-4-9)10(11)12-2/h9H,3-7H2,1-2H3,(H2,11,12)(H,13,15). The van der Waals surface area contributed by atoms with Crippen molar-refractivity contribution >= 4 is 11.9 Å². The number of nitrogens with zero attached hydrogens (tertiary/aromatic N) is 2. The fourth-order valence-electron chi connectivity index (χ4n) is 1.80. The molecular weight excluding hydrogens is 192 g/mol. The highest BCUT2D eigenvalue weighted by atomic mass is 16.1. The van der Waals surface area contributed by atoms with Gasteiger partial charge in [-0.05, 0) is 18.8 Å². The van der Waals surface area contributed by atoms with E-state index >= 15 is 0 Å². The van der Waals surface area contributed by atoms with Crippen molar-refractivity contribution in [2.45, 2.75) is 19.8 Å². The SMILES string of the molecule is CN=C(N)N1CCC(CNC(C)=O)CC1. The number of guanidine groups is 1.